The number of hydrogen-bond donors (Lipinski definition) is 0. The molecular formula is C43H28N2O. The molecule has 3 aromatic heterocycles. The van der Waals surface area contributed by atoms with Crippen LogP contribution in [0.15, 0.2) is 174 Å². The molecule has 0 saturated carbocycles. The summed E-state index contributed by atoms with van der Waals surface area (Å²) in [6, 6.07) is 59.5. The van der Waals surface area contributed by atoms with Crippen molar-refractivity contribution in [2.45, 2.75) is 0 Å². The molecule has 216 valence electrons. The van der Waals surface area contributed by atoms with Crippen molar-refractivity contribution in [2.75, 3.05) is 0 Å². The van der Waals surface area contributed by atoms with Gasteiger partial charge in [-0.1, -0.05) is 121 Å². The van der Waals surface area contributed by atoms with Crippen LogP contribution < -0.4 is 0 Å². The molecule has 3 heteroatoms. The van der Waals surface area contributed by atoms with E-state index in [9.17, 15) is 0 Å². The highest BCUT2D eigenvalue weighted by atomic mass is 16.3. The highest BCUT2D eigenvalue weighted by Crippen LogP contribution is 2.40. The minimum Gasteiger partial charge on any atom is -0.455 e. The molecule has 3 nitrogen and oxygen atoms in total. The first-order valence-electron chi connectivity index (χ1n) is 15.5. The Bertz CT molecular complexity index is 2450. The van der Waals surface area contributed by atoms with Gasteiger partial charge in [0.05, 0.1) is 27.8 Å². The van der Waals surface area contributed by atoms with Crippen molar-refractivity contribution in [3.8, 4) is 50.7 Å². The third kappa shape index (κ3) is 4.41. The fourth-order valence-corrected chi connectivity index (χ4v) is 6.61. The molecule has 0 amide bonds. The Labute approximate surface area is 266 Å². The molecule has 6 aromatic carbocycles. The lowest BCUT2D eigenvalue weighted by molar-refractivity contribution is 0.635. The molecule has 9 aromatic rings. The van der Waals surface area contributed by atoms with Crippen LogP contribution in [0.2, 0.25) is 0 Å². The van der Waals surface area contributed by atoms with Gasteiger partial charge in [-0.15, -0.1) is 0 Å². The van der Waals surface area contributed by atoms with Crippen molar-refractivity contribution in [3.05, 3.63) is 170 Å². The Morgan fingerprint density at radius 2 is 1.07 bits per heavy atom. The lowest BCUT2D eigenvalue weighted by atomic mass is 10.00. The van der Waals surface area contributed by atoms with Crippen molar-refractivity contribution in [1.29, 1.82) is 0 Å². The quantitative estimate of drug-likeness (QED) is 0.200. The molecular weight excluding hydrogens is 560 g/mol. The van der Waals surface area contributed by atoms with Gasteiger partial charge in [-0.2, -0.15) is 0 Å². The average molecular weight is 589 g/mol. The number of rotatable bonds is 5. The number of pyridine rings is 1. The Balaban J connectivity index is 1.24. The summed E-state index contributed by atoms with van der Waals surface area (Å²) in [5.41, 5.74) is 11.6. The smallest absolute Gasteiger partial charge is 0.144 e. The van der Waals surface area contributed by atoms with Gasteiger partial charge in [-0.25, -0.2) is 4.98 Å². The molecule has 0 bridgehead atoms. The zero-order valence-corrected chi connectivity index (χ0v) is 25.0. The maximum atomic E-state index is 6.60. The number of para-hydroxylation sites is 1. The Morgan fingerprint density at radius 1 is 0.435 bits per heavy atom. The molecule has 3 heterocycles. The van der Waals surface area contributed by atoms with E-state index >= 15 is 0 Å². The van der Waals surface area contributed by atoms with Gasteiger partial charge >= 0.3 is 0 Å². The van der Waals surface area contributed by atoms with Gasteiger partial charge in [0.25, 0.3) is 0 Å². The number of aromatic nitrogens is 2. The van der Waals surface area contributed by atoms with Gasteiger partial charge in [0, 0.05) is 33.2 Å². The first-order chi connectivity index (χ1) is 22.8. The molecule has 0 aliphatic rings. The maximum Gasteiger partial charge on any atom is 0.144 e. The van der Waals surface area contributed by atoms with Crippen molar-refractivity contribution >= 4 is 32.8 Å². The second kappa shape index (κ2) is 10.8. The highest BCUT2D eigenvalue weighted by Gasteiger charge is 2.18. The molecule has 0 fully saturated rings. The fourth-order valence-electron chi connectivity index (χ4n) is 6.61. The van der Waals surface area contributed by atoms with E-state index in [0.717, 1.165) is 77.9 Å². The largest absolute Gasteiger partial charge is 0.455 e. The van der Waals surface area contributed by atoms with E-state index in [0.29, 0.717) is 0 Å². The Hall–Kier alpha value is -6.19. The van der Waals surface area contributed by atoms with Crippen LogP contribution in [-0.2, 0) is 0 Å². The van der Waals surface area contributed by atoms with E-state index in [1.807, 2.05) is 24.3 Å². The third-order valence-corrected chi connectivity index (χ3v) is 8.78. The zero-order chi connectivity index (χ0) is 30.5. The number of fused-ring (bicyclic) bond motifs is 5. The minimum atomic E-state index is 0.875. The Morgan fingerprint density at radius 3 is 1.83 bits per heavy atom. The second-order valence-corrected chi connectivity index (χ2v) is 11.6. The summed E-state index contributed by atoms with van der Waals surface area (Å²) in [4.78, 5) is 5.19. The predicted octanol–water partition coefficient (Wildman–Crippen LogP) is 11.6. The molecule has 0 aliphatic carbocycles. The number of nitrogens with zero attached hydrogens (tertiary/aromatic N) is 2. The molecule has 0 saturated heterocycles. The van der Waals surface area contributed by atoms with E-state index in [-0.39, 0.29) is 0 Å². The van der Waals surface area contributed by atoms with E-state index in [1.165, 1.54) is 5.56 Å². The summed E-state index contributed by atoms with van der Waals surface area (Å²) >= 11 is 0. The van der Waals surface area contributed by atoms with Crippen LogP contribution in [-0.4, -0.2) is 9.55 Å². The van der Waals surface area contributed by atoms with Crippen molar-refractivity contribution in [3.63, 3.8) is 0 Å². The topological polar surface area (TPSA) is 31.0 Å². The van der Waals surface area contributed by atoms with E-state index in [2.05, 4.69) is 150 Å². The minimum absolute atomic E-state index is 0.875. The number of benzene rings is 6. The number of hydrogen-bond acceptors (Lipinski definition) is 2. The second-order valence-electron chi connectivity index (χ2n) is 11.6. The summed E-state index contributed by atoms with van der Waals surface area (Å²) in [5.74, 6) is 0.875. The van der Waals surface area contributed by atoms with Crippen LogP contribution in [0.4, 0.5) is 0 Å². The van der Waals surface area contributed by atoms with Crippen LogP contribution in [0, 0.1) is 0 Å². The monoisotopic (exact) mass is 588 g/mol. The molecule has 46 heavy (non-hydrogen) atoms. The van der Waals surface area contributed by atoms with Gasteiger partial charge in [-0.05, 0) is 59.7 Å². The first-order valence-corrected chi connectivity index (χ1v) is 15.5. The predicted molar refractivity (Wildman–Crippen MR) is 190 cm³/mol. The van der Waals surface area contributed by atoms with Crippen LogP contribution in [0.25, 0.3) is 83.4 Å². The van der Waals surface area contributed by atoms with Gasteiger partial charge in [0.2, 0.25) is 0 Å². The summed E-state index contributed by atoms with van der Waals surface area (Å²) in [6.07, 6.45) is 0. The fraction of sp³-hybridized carbons (Fsp3) is 0. The average Bonchev–Trinajstić information content (AvgIpc) is 3.72. The summed E-state index contributed by atoms with van der Waals surface area (Å²) in [6.45, 7) is 0. The van der Waals surface area contributed by atoms with Gasteiger partial charge in [0.1, 0.15) is 11.3 Å². The van der Waals surface area contributed by atoms with Gasteiger partial charge in [0.15, 0.2) is 0 Å². The highest BCUT2D eigenvalue weighted by molar-refractivity contribution is 6.20. The molecule has 0 aliphatic heterocycles. The van der Waals surface area contributed by atoms with Gasteiger partial charge < -0.3 is 8.98 Å². The lowest BCUT2D eigenvalue weighted by Crippen LogP contribution is -1.96. The van der Waals surface area contributed by atoms with Crippen LogP contribution in [0.5, 0.6) is 0 Å². The SMILES string of the molecule is c1ccc(-c2cc(-c3ccccc3)nc(-c3cccc(-n4c5ccccc5c5c6oc(-c7ccccc7)cc6ccc54)c3)c2)cc1. The Kier molecular flexibility index (Phi) is 6.14. The lowest BCUT2D eigenvalue weighted by Gasteiger charge is -2.13. The van der Waals surface area contributed by atoms with E-state index in [4.69, 9.17) is 9.40 Å². The van der Waals surface area contributed by atoms with Crippen LogP contribution in [0.3, 0.4) is 0 Å². The normalized spacial score (nSPS) is 11.5. The van der Waals surface area contributed by atoms with Crippen molar-refractivity contribution in [2.24, 2.45) is 0 Å². The summed E-state index contributed by atoms with van der Waals surface area (Å²) < 4.78 is 8.95. The zero-order valence-electron chi connectivity index (χ0n) is 25.0. The van der Waals surface area contributed by atoms with Crippen molar-refractivity contribution in [1.82, 2.24) is 9.55 Å². The molecule has 0 spiro atoms. The third-order valence-electron chi connectivity index (χ3n) is 8.78. The molecule has 0 atom stereocenters. The van der Waals surface area contributed by atoms with Crippen LogP contribution in [0.1, 0.15) is 0 Å². The summed E-state index contributed by atoms with van der Waals surface area (Å²) in [7, 11) is 0. The van der Waals surface area contributed by atoms with Crippen LogP contribution >= 0.6 is 0 Å². The van der Waals surface area contributed by atoms with Gasteiger partial charge in [-0.3, -0.25) is 0 Å². The summed E-state index contributed by atoms with van der Waals surface area (Å²) in [5, 5.41) is 3.38. The number of furan rings is 1. The molecule has 0 N–H and O–H groups in total. The molecule has 0 unspecified atom stereocenters. The molecule has 9 rings (SSSR count). The maximum absolute atomic E-state index is 6.60. The molecule has 0 radical (unpaired) electrons. The standard InChI is InChI=1S/C43H28N2O/c1-4-13-29(14-5-1)34-26-37(30-15-6-2-7-16-30)44-38(27-34)32-19-12-20-35(25-32)45-39-22-11-10-21-36(39)42-40(45)24-23-33-28-41(46-43(33)42)31-17-8-3-9-18-31/h1-28H. The first kappa shape index (κ1) is 26.2. The van der Waals surface area contributed by atoms with Crippen molar-refractivity contribution < 1.29 is 4.42 Å². The van der Waals surface area contributed by atoms with E-state index < -0.39 is 0 Å². The van der Waals surface area contributed by atoms with E-state index in [1.54, 1.807) is 0 Å².